The van der Waals surface area contributed by atoms with E-state index in [1.807, 2.05) is 69.3 Å². The van der Waals surface area contributed by atoms with Gasteiger partial charge in [0.1, 0.15) is 0 Å². The summed E-state index contributed by atoms with van der Waals surface area (Å²) in [6.45, 7) is 8.71. The molecule has 0 saturated heterocycles. The van der Waals surface area contributed by atoms with E-state index in [1.54, 1.807) is 24.3 Å². The minimum atomic E-state index is -0.603. The van der Waals surface area contributed by atoms with E-state index >= 15 is 0 Å². The fourth-order valence-corrected chi connectivity index (χ4v) is 5.31. The minimum absolute atomic E-state index is 0.303. The molecule has 202 valence electrons. The molecule has 1 aliphatic heterocycles. The maximum absolute atomic E-state index is 14.1. The second-order valence-corrected chi connectivity index (χ2v) is 10.5. The molecule has 3 aromatic rings. The Morgan fingerprint density at radius 3 is 1.64 bits per heavy atom. The lowest BCUT2D eigenvalue weighted by molar-refractivity contribution is -0.113. The highest BCUT2D eigenvalue weighted by Gasteiger charge is 2.39. The fraction of sp³-hybridized carbons (Fsp3) is 0.250. The van der Waals surface area contributed by atoms with Crippen molar-refractivity contribution in [3.8, 4) is 0 Å². The third-order valence-corrected chi connectivity index (χ3v) is 7.71. The van der Waals surface area contributed by atoms with Crippen LogP contribution in [0, 0.1) is 6.92 Å². The predicted molar refractivity (Wildman–Crippen MR) is 161 cm³/mol. The summed E-state index contributed by atoms with van der Waals surface area (Å²) in [5.74, 6) is -1.21. The minimum Gasteiger partial charge on any atom is -0.348 e. The van der Waals surface area contributed by atoms with Crippen molar-refractivity contribution in [3.05, 3.63) is 117 Å². The number of hydrogen-bond donors (Lipinski definition) is 2. The molecular formula is C32H33Cl2N3O2. The van der Waals surface area contributed by atoms with Crippen LogP contribution < -0.4 is 10.6 Å². The van der Waals surface area contributed by atoms with Gasteiger partial charge in [0.25, 0.3) is 11.8 Å². The Morgan fingerprint density at radius 2 is 1.21 bits per heavy atom. The van der Waals surface area contributed by atoms with Crippen molar-refractivity contribution in [3.63, 3.8) is 0 Å². The molecule has 0 bridgehead atoms. The van der Waals surface area contributed by atoms with Gasteiger partial charge in [-0.05, 0) is 57.0 Å². The summed E-state index contributed by atoms with van der Waals surface area (Å²) in [4.78, 5) is 30.2. The summed E-state index contributed by atoms with van der Waals surface area (Å²) in [6, 6.07) is 22.2. The van der Waals surface area contributed by atoms with Gasteiger partial charge >= 0.3 is 0 Å². The number of benzene rings is 3. The van der Waals surface area contributed by atoms with E-state index in [2.05, 4.69) is 22.5 Å². The second kappa shape index (κ2) is 12.5. The second-order valence-electron chi connectivity index (χ2n) is 9.71. The van der Waals surface area contributed by atoms with Gasteiger partial charge in [-0.15, -0.1) is 0 Å². The third kappa shape index (κ3) is 6.21. The van der Waals surface area contributed by atoms with Gasteiger partial charge in [0.05, 0.1) is 21.4 Å². The number of carbonyl (C=O) groups excluding carboxylic acids is 2. The first-order valence-corrected chi connectivity index (χ1v) is 13.9. The molecule has 0 aromatic heterocycles. The summed E-state index contributed by atoms with van der Waals surface area (Å²) in [5.41, 5.74) is 5.60. The molecule has 0 fully saturated rings. The Bertz CT molecular complexity index is 1360. The van der Waals surface area contributed by atoms with E-state index in [0.717, 1.165) is 35.4 Å². The van der Waals surface area contributed by atoms with Crippen LogP contribution in [0.15, 0.2) is 95.3 Å². The maximum atomic E-state index is 14.1. The third-order valence-electron chi connectivity index (χ3n) is 7.05. The zero-order chi connectivity index (χ0) is 28.1. The Labute approximate surface area is 240 Å². The van der Waals surface area contributed by atoms with Gasteiger partial charge in [-0.3, -0.25) is 9.59 Å². The largest absolute Gasteiger partial charge is 0.348 e. The molecule has 2 N–H and O–H groups in total. The maximum Gasteiger partial charge on any atom is 0.254 e. The number of para-hydroxylation sites is 2. The van der Waals surface area contributed by atoms with Gasteiger partial charge in [-0.1, -0.05) is 90.6 Å². The van der Waals surface area contributed by atoms with E-state index in [-0.39, 0.29) is 11.8 Å². The molecule has 0 radical (unpaired) electrons. The first-order valence-electron chi connectivity index (χ1n) is 13.1. The monoisotopic (exact) mass is 561 g/mol. The normalized spacial score (nSPS) is 14.1. The average Bonchev–Trinajstić information content (AvgIpc) is 2.91. The molecule has 4 rings (SSSR count). The van der Waals surface area contributed by atoms with E-state index < -0.39 is 5.92 Å². The average molecular weight is 563 g/mol. The Balaban J connectivity index is 1.87. The predicted octanol–water partition coefficient (Wildman–Crippen LogP) is 8.33. The van der Waals surface area contributed by atoms with E-state index in [1.165, 1.54) is 0 Å². The summed E-state index contributed by atoms with van der Waals surface area (Å²) < 4.78 is 0. The zero-order valence-corrected chi connectivity index (χ0v) is 24.2. The van der Waals surface area contributed by atoms with Gasteiger partial charge in [0.15, 0.2) is 0 Å². The van der Waals surface area contributed by atoms with E-state index in [0.29, 0.717) is 39.1 Å². The molecular weight excluding hydrogens is 529 g/mol. The molecule has 1 aliphatic rings. The van der Waals surface area contributed by atoms with Crippen molar-refractivity contribution in [2.45, 2.75) is 46.5 Å². The molecule has 0 unspecified atom stereocenters. The van der Waals surface area contributed by atoms with E-state index in [4.69, 9.17) is 23.2 Å². The van der Waals surface area contributed by atoms with Crippen molar-refractivity contribution in [2.75, 3.05) is 17.2 Å². The van der Waals surface area contributed by atoms with Crippen LogP contribution >= 0.6 is 23.2 Å². The van der Waals surface area contributed by atoms with Gasteiger partial charge in [0.2, 0.25) is 0 Å². The lowest BCUT2D eigenvalue weighted by Gasteiger charge is -2.38. The summed E-state index contributed by atoms with van der Waals surface area (Å²) in [7, 11) is 0. The number of halogens is 2. The van der Waals surface area contributed by atoms with Crippen molar-refractivity contribution in [2.24, 2.45) is 0 Å². The SMILES string of the molecule is CCCCN1C(C)=C(C(=O)Nc2ccccc2Cl)C(c2ccc(C)cc2)C(C(=O)Nc2ccccc2Cl)=C1C. The summed E-state index contributed by atoms with van der Waals surface area (Å²) >= 11 is 12.8. The van der Waals surface area contributed by atoms with Crippen LogP contribution in [-0.4, -0.2) is 23.3 Å². The number of rotatable bonds is 8. The summed E-state index contributed by atoms with van der Waals surface area (Å²) in [5, 5.41) is 6.89. The van der Waals surface area contributed by atoms with Crippen molar-refractivity contribution in [1.29, 1.82) is 0 Å². The fourth-order valence-electron chi connectivity index (χ4n) is 4.94. The van der Waals surface area contributed by atoms with E-state index in [9.17, 15) is 9.59 Å². The Morgan fingerprint density at radius 1 is 0.744 bits per heavy atom. The van der Waals surface area contributed by atoms with Gasteiger partial charge in [-0.25, -0.2) is 0 Å². The quantitative estimate of drug-likeness (QED) is 0.290. The molecule has 0 aliphatic carbocycles. The van der Waals surface area contributed by atoms with Crippen molar-refractivity contribution in [1.82, 2.24) is 4.90 Å². The molecule has 5 nitrogen and oxygen atoms in total. The topological polar surface area (TPSA) is 61.4 Å². The first-order chi connectivity index (χ1) is 18.7. The lowest BCUT2D eigenvalue weighted by Crippen LogP contribution is -2.37. The zero-order valence-electron chi connectivity index (χ0n) is 22.6. The number of nitrogens with one attached hydrogen (secondary N) is 2. The lowest BCUT2D eigenvalue weighted by atomic mass is 9.78. The van der Waals surface area contributed by atoms with Crippen molar-refractivity contribution < 1.29 is 9.59 Å². The van der Waals surface area contributed by atoms with Crippen LogP contribution in [0.3, 0.4) is 0 Å². The van der Waals surface area contributed by atoms with Gasteiger partial charge in [0, 0.05) is 35.0 Å². The van der Waals surface area contributed by atoms with Crippen LogP contribution in [0.2, 0.25) is 10.0 Å². The number of aryl methyl sites for hydroxylation is 1. The van der Waals surface area contributed by atoms with Gasteiger partial charge in [-0.2, -0.15) is 0 Å². The molecule has 0 saturated carbocycles. The highest BCUT2D eigenvalue weighted by Crippen LogP contribution is 2.43. The van der Waals surface area contributed by atoms with Crippen LogP contribution in [0.4, 0.5) is 11.4 Å². The number of hydrogen-bond acceptors (Lipinski definition) is 3. The number of allylic oxidation sites excluding steroid dienone is 2. The molecule has 39 heavy (non-hydrogen) atoms. The smallest absolute Gasteiger partial charge is 0.254 e. The Kier molecular flexibility index (Phi) is 9.16. The number of nitrogens with zero attached hydrogens (tertiary/aromatic N) is 1. The molecule has 3 aromatic carbocycles. The number of amides is 2. The van der Waals surface area contributed by atoms with Crippen LogP contribution in [0.1, 0.15) is 50.7 Å². The van der Waals surface area contributed by atoms with Crippen LogP contribution in [0.5, 0.6) is 0 Å². The number of carbonyl (C=O) groups is 2. The molecule has 0 atom stereocenters. The van der Waals surface area contributed by atoms with Crippen LogP contribution in [-0.2, 0) is 9.59 Å². The van der Waals surface area contributed by atoms with Crippen LogP contribution in [0.25, 0.3) is 0 Å². The number of unbranched alkanes of at least 4 members (excludes halogenated alkanes) is 1. The molecule has 0 spiro atoms. The molecule has 2 amide bonds. The highest BCUT2D eigenvalue weighted by atomic mass is 35.5. The molecule has 1 heterocycles. The highest BCUT2D eigenvalue weighted by molar-refractivity contribution is 6.34. The Hall–Kier alpha value is -3.54. The van der Waals surface area contributed by atoms with Crippen molar-refractivity contribution >= 4 is 46.4 Å². The first kappa shape index (κ1) is 28.5. The summed E-state index contributed by atoms with van der Waals surface area (Å²) in [6.07, 6.45) is 1.88. The molecule has 7 heteroatoms. The number of anilines is 2. The standard InChI is InChI=1S/C32H33Cl2N3O2/c1-5-6-19-37-21(3)28(31(38)35-26-13-9-7-11-24(26)33)30(23-17-15-20(2)16-18-23)29(22(37)4)32(39)36-27-14-10-8-12-25(27)34/h7-18,30H,5-6,19H2,1-4H3,(H,35,38)(H,36,39). The van der Waals surface area contributed by atoms with Gasteiger partial charge < -0.3 is 15.5 Å².